The van der Waals surface area contributed by atoms with E-state index in [0.717, 1.165) is 0 Å². The molecular weight excluding hydrogens is 420 g/mol. The van der Waals surface area contributed by atoms with Crippen LogP contribution in [0.1, 0.15) is 11.1 Å². The van der Waals surface area contributed by atoms with E-state index in [1.165, 1.54) is 48.5 Å². The molecule has 0 aliphatic carbocycles. The number of rotatable bonds is 8. The van der Waals surface area contributed by atoms with Gasteiger partial charge < -0.3 is 9.47 Å². The van der Waals surface area contributed by atoms with Crippen LogP contribution in [0, 0.1) is 20.2 Å². The Bertz CT molecular complexity index is 1070. The second kappa shape index (κ2) is 9.94. The van der Waals surface area contributed by atoms with E-state index in [1.54, 1.807) is 24.3 Å². The maximum Gasteiger partial charge on any atom is 0.315 e. The third-order valence-electron chi connectivity index (χ3n) is 4.25. The number of carbonyl (C=O) groups is 2. The number of nitro benzene ring substituents is 2. The lowest BCUT2D eigenvalue weighted by molar-refractivity contribution is -0.385. The fraction of sp³-hybridized carbons (Fsp3) is 0.0909. The number of hydrogen-bond donors (Lipinski definition) is 0. The van der Waals surface area contributed by atoms with E-state index >= 15 is 0 Å². The maximum atomic E-state index is 12.2. The molecular formula is C22H16N2O8. The number of non-ortho nitro benzene ring substituents is 2. The van der Waals surface area contributed by atoms with Crippen molar-refractivity contribution in [2.24, 2.45) is 0 Å². The van der Waals surface area contributed by atoms with E-state index < -0.39 is 21.8 Å². The molecule has 0 unspecified atom stereocenters. The minimum atomic E-state index is -0.565. The predicted molar refractivity (Wildman–Crippen MR) is 111 cm³/mol. The quantitative estimate of drug-likeness (QED) is 0.225. The third-order valence-corrected chi connectivity index (χ3v) is 4.25. The number of nitro groups is 2. The van der Waals surface area contributed by atoms with Gasteiger partial charge in [0.1, 0.15) is 11.5 Å². The minimum Gasteiger partial charge on any atom is -0.426 e. The van der Waals surface area contributed by atoms with Gasteiger partial charge in [-0.3, -0.25) is 29.8 Å². The van der Waals surface area contributed by atoms with Crippen molar-refractivity contribution in [3.05, 3.63) is 104 Å². The van der Waals surface area contributed by atoms with Crippen LogP contribution in [0.3, 0.4) is 0 Å². The summed E-state index contributed by atoms with van der Waals surface area (Å²) < 4.78 is 10.4. The molecule has 0 spiro atoms. The van der Waals surface area contributed by atoms with Gasteiger partial charge in [-0.05, 0) is 35.4 Å². The number of ether oxygens (including phenoxy) is 2. The Balaban J connectivity index is 1.56. The number of hydrogen-bond acceptors (Lipinski definition) is 8. The van der Waals surface area contributed by atoms with E-state index in [2.05, 4.69) is 0 Å². The van der Waals surface area contributed by atoms with Gasteiger partial charge in [-0.2, -0.15) is 0 Å². The van der Waals surface area contributed by atoms with E-state index in [1.807, 2.05) is 0 Å². The molecule has 0 aliphatic heterocycles. The zero-order valence-corrected chi connectivity index (χ0v) is 16.5. The molecule has 0 aliphatic rings. The van der Waals surface area contributed by atoms with Gasteiger partial charge in [-0.25, -0.2) is 0 Å². The summed E-state index contributed by atoms with van der Waals surface area (Å²) >= 11 is 0. The summed E-state index contributed by atoms with van der Waals surface area (Å²) in [5.41, 5.74) is 0.992. The van der Waals surface area contributed by atoms with Crippen LogP contribution in [-0.4, -0.2) is 21.8 Å². The number of nitrogens with zero attached hydrogens (tertiary/aromatic N) is 2. The van der Waals surface area contributed by atoms with Gasteiger partial charge in [0.2, 0.25) is 0 Å². The normalized spacial score (nSPS) is 10.2. The molecule has 0 fully saturated rings. The van der Waals surface area contributed by atoms with Crippen LogP contribution in [-0.2, 0) is 22.4 Å². The first kappa shape index (κ1) is 22.1. The number of carbonyl (C=O) groups excluding carboxylic acids is 2. The summed E-state index contributed by atoms with van der Waals surface area (Å²) in [7, 11) is 0. The molecule has 0 saturated heterocycles. The zero-order chi connectivity index (χ0) is 23.1. The molecule has 0 saturated carbocycles. The average molecular weight is 436 g/mol. The zero-order valence-electron chi connectivity index (χ0n) is 16.5. The lowest BCUT2D eigenvalue weighted by atomic mass is 10.1. The van der Waals surface area contributed by atoms with Gasteiger partial charge in [0, 0.05) is 24.3 Å². The SMILES string of the molecule is O=C(Cc1cccc(CC(=O)Oc2ccc([N+](=O)[O-])cc2)c1)Oc1ccc([N+](=O)[O-])cc1. The first-order valence-corrected chi connectivity index (χ1v) is 9.28. The maximum absolute atomic E-state index is 12.2. The molecule has 0 amide bonds. The van der Waals surface area contributed by atoms with Crippen LogP contribution in [0.4, 0.5) is 11.4 Å². The van der Waals surface area contributed by atoms with Gasteiger partial charge in [-0.1, -0.05) is 24.3 Å². The Morgan fingerprint density at radius 3 is 1.38 bits per heavy atom. The third kappa shape index (κ3) is 6.20. The Labute approximate surface area is 181 Å². The van der Waals surface area contributed by atoms with Crippen molar-refractivity contribution in [1.29, 1.82) is 0 Å². The first-order valence-electron chi connectivity index (χ1n) is 9.28. The molecule has 3 aromatic rings. The summed E-state index contributed by atoms with van der Waals surface area (Å²) in [4.78, 5) is 44.5. The number of benzene rings is 3. The fourth-order valence-electron chi connectivity index (χ4n) is 2.79. The van der Waals surface area contributed by atoms with Gasteiger partial charge >= 0.3 is 11.9 Å². The molecule has 0 atom stereocenters. The highest BCUT2D eigenvalue weighted by atomic mass is 16.6. The van der Waals surface area contributed by atoms with Crippen molar-refractivity contribution in [3.8, 4) is 11.5 Å². The molecule has 0 bridgehead atoms. The van der Waals surface area contributed by atoms with E-state index in [4.69, 9.17) is 9.47 Å². The molecule has 162 valence electrons. The molecule has 0 heterocycles. The van der Waals surface area contributed by atoms with Crippen molar-refractivity contribution in [2.45, 2.75) is 12.8 Å². The summed E-state index contributed by atoms with van der Waals surface area (Å²) in [6.07, 6.45) is -0.134. The van der Waals surface area contributed by atoms with Crippen molar-refractivity contribution < 1.29 is 28.9 Å². The van der Waals surface area contributed by atoms with E-state index in [9.17, 15) is 29.8 Å². The summed E-state index contributed by atoms with van der Waals surface area (Å²) in [5.74, 6) is -0.763. The molecule has 10 heteroatoms. The predicted octanol–water partition coefficient (Wildman–Crippen LogP) is 3.80. The number of esters is 2. The monoisotopic (exact) mass is 436 g/mol. The van der Waals surface area contributed by atoms with E-state index in [-0.39, 0.29) is 35.7 Å². The molecule has 3 aromatic carbocycles. The van der Waals surface area contributed by atoms with Gasteiger partial charge in [-0.15, -0.1) is 0 Å². The molecule has 3 rings (SSSR count). The highest BCUT2D eigenvalue weighted by molar-refractivity contribution is 5.77. The molecule has 10 nitrogen and oxygen atoms in total. The molecule has 32 heavy (non-hydrogen) atoms. The standard InChI is InChI=1S/C22H16N2O8/c25-21(31-19-8-4-17(5-9-19)23(27)28)13-15-2-1-3-16(12-15)14-22(26)32-20-10-6-18(7-11-20)24(29)30/h1-12H,13-14H2. The van der Waals surface area contributed by atoms with Crippen LogP contribution >= 0.6 is 0 Å². The molecule has 0 radical (unpaired) electrons. The fourth-order valence-corrected chi connectivity index (χ4v) is 2.79. The van der Waals surface area contributed by atoms with Crippen molar-refractivity contribution in [1.82, 2.24) is 0 Å². The van der Waals surface area contributed by atoms with Gasteiger partial charge in [0.15, 0.2) is 0 Å². The van der Waals surface area contributed by atoms with E-state index in [0.29, 0.717) is 11.1 Å². The average Bonchev–Trinajstić information content (AvgIpc) is 2.74. The molecule has 0 N–H and O–H groups in total. The van der Waals surface area contributed by atoms with Crippen LogP contribution in [0.2, 0.25) is 0 Å². The van der Waals surface area contributed by atoms with Crippen LogP contribution in [0.15, 0.2) is 72.8 Å². The second-order valence-electron chi connectivity index (χ2n) is 6.62. The Morgan fingerprint density at radius 2 is 1.03 bits per heavy atom. The Morgan fingerprint density at radius 1 is 0.656 bits per heavy atom. The highest BCUT2D eigenvalue weighted by Gasteiger charge is 2.12. The first-order chi connectivity index (χ1) is 15.3. The van der Waals surface area contributed by atoms with Crippen molar-refractivity contribution >= 4 is 23.3 Å². The summed E-state index contributed by atoms with van der Waals surface area (Å²) in [5, 5.41) is 21.3. The Kier molecular flexibility index (Phi) is 6.86. The van der Waals surface area contributed by atoms with Crippen LogP contribution in [0.25, 0.3) is 0 Å². The van der Waals surface area contributed by atoms with Crippen LogP contribution < -0.4 is 9.47 Å². The van der Waals surface area contributed by atoms with Gasteiger partial charge in [0.05, 0.1) is 22.7 Å². The van der Waals surface area contributed by atoms with Crippen molar-refractivity contribution in [3.63, 3.8) is 0 Å². The highest BCUT2D eigenvalue weighted by Crippen LogP contribution is 2.19. The largest absolute Gasteiger partial charge is 0.426 e. The lowest BCUT2D eigenvalue weighted by Gasteiger charge is -2.07. The Hall–Kier alpha value is -4.60. The summed E-state index contributed by atoms with van der Waals surface area (Å²) in [6, 6.07) is 17.0. The molecule has 0 aromatic heterocycles. The topological polar surface area (TPSA) is 139 Å². The summed E-state index contributed by atoms with van der Waals surface area (Å²) in [6.45, 7) is 0. The smallest absolute Gasteiger partial charge is 0.315 e. The second-order valence-corrected chi connectivity index (χ2v) is 6.62. The minimum absolute atomic E-state index is 0.0672. The van der Waals surface area contributed by atoms with Crippen molar-refractivity contribution in [2.75, 3.05) is 0 Å². The van der Waals surface area contributed by atoms with Crippen LogP contribution in [0.5, 0.6) is 11.5 Å². The lowest BCUT2D eigenvalue weighted by Crippen LogP contribution is -2.13. The van der Waals surface area contributed by atoms with Gasteiger partial charge in [0.25, 0.3) is 11.4 Å².